The Labute approximate surface area is 125 Å². The first-order valence-corrected chi connectivity index (χ1v) is 6.12. The van der Waals surface area contributed by atoms with Gasteiger partial charge in [-0.3, -0.25) is 0 Å². The largest absolute Gasteiger partial charge is 1.00 e. The minimum atomic E-state index is -0.326. The zero-order chi connectivity index (χ0) is 13.0. The molecule has 2 rings (SSSR count). The monoisotopic (exact) mass is 249 g/mol. The van der Waals surface area contributed by atoms with Gasteiger partial charge in [-0.2, -0.15) is 12.1 Å². The smallest absolute Gasteiger partial charge is 0.437 e. The van der Waals surface area contributed by atoms with Crippen LogP contribution in [0.25, 0.3) is 10.8 Å². The van der Waals surface area contributed by atoms with Crippen LogP contribution >= 0.6 is 0 Å². The molecule has 3 nitrogen and oxygen atoms in total. The molecule has 1 amide bonds. The summed E-state index contributed by atoms with van der Waals surface area (Å²) in [4.78, 5) is 13.5. The molecule has 0 atom stereocenters. The van der Waals surface area contributed by atoms with Crippen LogP contribution in [0.3, 0.4) is 0 Å². The van der Waals surface area contributed by atoms with Crippen LogP contribution in [0.4, 0.5) is 4.79 Å². The van der Waals surface area contributed by atoms with Gasteiger partial charge < -0.3 is 9.64 Å². The van der Waals surface area contributed by atoms with Crippen molar-refractivity contribution in [3.63, 3.8) is 0 Å². The van der Waals surface area contributed by atoms with E-state index in [1.54, 1.807) is 11.0 Å². The molecule has 2 aromatic carbocycles. The molecule has 0 aliphatic rings. The fourth-order valence-electron chi connectivity index (χ4n) is 1.85. The molecule has 0 heterocycles. The van der Waals surface area contributed by atoms with E-state index in [0.29, 0.717) is 18.8 Å². The molecule has 0 spiro atoms. The third kappa shape index (κ3) is 3.53. The van der Waals surface area contributed by atoms with Crippen LogP contribution < -0.4 is 23.6 Å². The molecule has 0 aromatic heterocycles. The van der Waals surface area contributed by atoms with Crippen LogP contribution in [-0.4, -0.2) is 24.1 Å². The molecule has 0 saturated heterocycles. The van der Waals surface area contributed by atoms with Gasteiger partial charge in [-0.25, -0.2) is 4.79 Å². The number of ether oxygens (including phenoxy) is 1. The number of hydrogen-bond donors (Lipinski definition) is 0. The van der Waals surface area contributed by atoms with Crippen molar-refractivity contribution < 1.29 is 28.4 Å². The Morgan fingerprint density at radius 1 is 1.21 bits per heavy atom. The molecule has 0 N–H and O–H groups in total. The first-order chi connectivity index (χ1) is 8.76. The quantitative estimate of drug-likeness (QED) is 0.585. The van der Waals surface area contributed by atoms with E-state index >= 15 is 0 Å². The van der Waals surface area contributed by atoms with Crippen molar-refractivity contribution in [2.24, 2.45) is 0 Å². The summed E-state index contributed by atoms with van der Waals surface area (Å²) in [6.07, 6.45) is -0.326. The van der Waals surface area contributed by atoms with Crippen molar-refractivity contribution in [1.29, 1.82) is 0 Å². The van der Waals surface area contributed by atoms with E-state index in [1.807, 2.05) is 44.2 Å². The molecular weight excluding hydrogens is 233 g/mol. The van der Waals surface area contributed by atoms with E-state index in [9.17, 15) is 4.79 Å². The molecule has 0 saturated carbocycles. The van der Waals surface area contributed by atoms with Gasteiger partial charge in [-0.1, -0.05) is 23.6 Å². The number of fused-ring (bicyclic) bond motifs is 1. The third-order valence-electron chi connectivity index (χ3n) is 2.89. The van der Waals surface area contributed by atoms with Crippen molar-refractivity contribution in [2.45, 2.75) is 13.8 Å². The van der Waals surface area contributed by atoms with Crippen LogP contribution in [0.2, 0.25) is 0 Å². The SMILES string of the molecule is CCN(CC)C(=O)Oc1[c-]ccc2ccccc12.[Li+]. The third-order valence-corrected chi connectivity index (χ3v) is 2.89. The Morgan fingerprint density at radius 2 is 1.89 bits per heavy atom. The summed E-state index contributed by atoms with van der Waals surface area (Å²) in [5.74, 6) is 0.491. The van der Waals surface area contributed by atoms with Crippen molar-refractivity contribution in [1.82, 2.24) is 4.90 Å². The second-order valence-corrected chi connectivity index (χ2v) is 3.93. The first-order valence-electron chi connectivity index (χ1n) is 6.12. The predicted molar refractivity (Wildman–Crippen MR) is 71.7 cm³/mol. The van der Waals surface area contributed by atoms with Gasteiger partial charge >= 0.3 is 25.0 Å². The Bertz CT molecular complexity index is 547. The van der Waals surface area contributed by atoms with Gasteiger partial charge in [0.25, 0.3) is 0 Å². The number of carbonyl (C=O) groups is 1. The molecule has 0 aliphatic heterocycles. The average Bonchev–Trinajstić information content (AvgIpc) is 2.40. The maximum absolute atomic E-state index is 11.9. The van der Waals surface area contributed by atoms with Crippen molar-refractivity contribution >= 4 is 16.9 Å². The van der Waals surface area contributed by atoms with Gasteiger partial charge in [0.15, 0.2) is 0 Å². The Balaban J connectivity index is 0.00000180. The summed E-state index contributed by atoms with van der Waals surface area (Å²) in [6, 6.07) is 14.5. The minimum absolute atomic E-state index is 0. The number of benzene rings is 2. The van der Waals surface area contributed by atoms with E-state index in [4.69, 9.17) is 4.74 Å². The normalized spacial score (nSPS) is 9.79. The summed E-state index contributed by atoms with van der Waals surface area (Å²) < 4.78 is 5.40. The predicted octanol–water partition coefficient (Wildman–Crippen LogP) is 0.485. The summed E-state index contributed by atoms with van der Waals surface area (Å²) in [6.45, 7) is 5.13. The van der Waals surface area contributed by atoms with E-state index in [0.717, 1.165) is 10.8 Å². The molecule has 0 unspecified atom stereocenters. The number of hydrogen-bond acceptors (Lipinski definition) is 2. The number of rotatable bonds is 3. The standard InChI is InChI=1S/C15H16NO2.Li/c1-3-16(4-2)15(17)18-14-11-7-9-12-8-5-6-10-13(12)14;/h5-10H,3-4H2,1-2H3;/q-1;+1. The molecule has 0 aliphatic carbocycles. The van der Waals surface area contributed by atoms with Gasteiger partial charge in [0.2, 0.25) is 0 Å². The molecular formula is C15H16LiNO2. The zero-order valence-electron chi connectivity index (χ0n) is 11.6. The molecule has 0 fully saturated rings. The van der Waals surface area contributed by atoms with E-state index in [-0.39, 0.29) is 25.0 Å². The first kappa shape index (κ1) is 15.6. The fraction of sp³-hybridized carbons (Fsp3) is 0.267. The van der Waals surface area contributed by atoms with Crippen LogP contribution in [0.15, 0.2) is 36.4 Å². The Morgan fingerprint density at radius 3 is 2.58 bits per heavy atom. The van der Waals surface area contributed by atoms with Gasteiger partial charge in [0.1, 0.15) is 0 Å². The van der Waals surface area contributed by atoms with Crippen molar-refractivity contribution in [3.8, 4) is 5.75 Å². The number of carbonyl (C=O) groups excluding carboxylic acids is 1. The maximum Gasteiger partial charge on any atom is 1.00 e. The fourth-order valence-corrected chi connectivity index (χ4v) is 1.85. The molecule has 0 radical (unpaired) electrons. The second-order valence-electron chi connectivity index (χ2n) is 3.93. The van der Waals surface area contributed by atoms with Gasteiger partial charge in [0.05, 0.1) is 0 Å². The summed E-state index contributed by atoms with van der Waals surface area (Å²) in [5, 5.41) is 1.94. The maximum atomic E-state index is 11.9. The van der Waals surface area contributed by atoms with Crippen LogP contribution in [-0.2, 0) is 0 Å². The van der Waals surface area contributed by atoms with Gasteiger partial charge in [-0.15, -0.1) is 17.5 Å². The molecule has 94 valence electrons. The molecule has 2 aromatic rings. The van der Waals surface area contributed by atoms with E-state index < -0.39 is 0 Å². The molecule has 4 heteroatoms. The Hall–Kier alpha value is -1.43. The summed E-state index contributed by atoms with van der Waals surface area (Å²) in [5.41, 5.74) is 0. The Kier molecular flexibility index (Phi) is 5.94. The van der Waals surface area contributed by atoms with Gasteiger partial charge in [0, 0.05) is 18.8 Å². The van der Waals surface area contributed by atoms with Crippen molar-refractivity contribution in [3.05, 3.63) is 42.5 Å². The van der Waals surface area contributed by atoms with Gasteiger partial charge in [-0.05, 0) is 13.8 Å². The minimum Gasteiger partial charge on any atom is -0.437 e. The van der Waals surface area contributed by atoms with Crippen molar-refractivity contribution in [2.75, 3.05) is 13.1 Å². The average molecular weight is 249 g/mol. The van der Waals surface area contributed by atoms with E-state index in [2.05, 4.69) is 6.07 Å². The zero-order valence-corrected chi connectivity index (χ0v) is 11.6. The topological polar surface area (TPSA) is 29.5 Å². The molecule has 0 bridgehead atoms. The van der Waals surface area contributed by atoms with Crippen LogP contribution in [0.1, 0.15) is 13.8 Å². The van der Waals surface area contributed by atoms with Crippen LogP contribution in [0, 0.1) is 6.07 Å². The summed E-state index contributed by atoms with van der Waals surface area (Å²) >= 11 is 0. The summed E-state index contributed by atoms with van der Waals surface area (Å²) in [7, 11) is 0. The number of nitrogens with zero attached hydrogens (tertiary/aromatic N) is 1. The second kappa shape index (κ2) is 7.23. The van der Waals surface area contributed by atoms with Crippen LogP contribution in [0.5, 0.6) is 5.75 Å². The van der Waals surface area contributed by atoms with E-state index in [1.165, 1.54) is 0 Å². The molecule has 19 heavy (non-hydrogen) atoms. The number of amides is 1.